The minimum atomic E-state index is -0.178. The van der Waals surface area contributed by atoms with Gasteiger partial charge in [0.25, 0.3) is 0 Å². The number of urea groups is 1. The third kappa shape index (κ3) is 4.48. The number of aliphatic hydroxyl groups excluding tert-OH is 1. The van der Waals surface area contributed by atoms with E-state index in [1.807, 2.05) is 4.90 Å². The monoisotopic (exact) mass is 331 g/mol. The molecule has 1 saturated carbocycles. The largest absolute Gasteiger partial charge is 0.393 e. The molecule has 0 aromatic heterocycles. The van der Waals surface area contributed by atoms with Gasteiger partial charge in [0.2, 0.25) is 0 Å². The number of nitrogens with zero attached hydrogens (tertiary/aromatic N) is 2. The summed E-state index contributed by atoms with van der Waals surface area (Å²) in [6, 6.07) is 8.79. The normalized spacial score (nSPS) is 25.5. The van der Waals surface area contributed by atoms with Crippen LogP contribution in [-0.4, -0.2) is 59.3 Å². The van der Waals surface area contributed by atoms with Crippen molar-refractivity contribution in [3.8, 4) is 0 Å². The second-order valence-electron chi connectivity index (χ2n) is 7.14. The van der Waals surface area contributed by atoms with Gasteiger partial charge < -0.3 is 15.3 Å². The molecule has 5 heteroatoms. The quantitative estimate of drug-likeness (QED) is 0.892. The van der Waals surface area contributed by atoms with Gasteiger partial charge in [0.05, 0.1) is 6.10 Å². The number of carbonyl (C=O) groups is 1. The Kier molecular flexibility index (Phi) is 5.74. The number of hydrogen-bond donors (Lipinski definition) is 2. The number of nitrogens with one attached hydrogen (secondary N) is 1. The van der Waals surface area contributed by atoms with Gasteiger partial charge in [-0.15, -0.1) is 0 Å². The van der Waals surface area contributed by atoms with Gasteiger partial charge in [-0.2, -0.15) is 0 Å². The van der Waals surface area contributed by atoms with Crippen LogP contribution in [0.5, 0.6) is 0 Å². The highest BCUT2D eigenvalue weighted by Gasteiger charge is 2.25. The molecule has 2 aliphatic rings. The molecule has 0 radical (unpaired) electrons. The van der Waals surface area contributed by atoms with E-state index < -0.39 is 0 Å². The van der Waals surface area contributed by atoms with Crippen molar-refractivity contribution in [2.24, 2.45) is 0 Å². The van der Waals surface area contributed by atoms with Crippen molar-refractivity contribution in [1.29, 1.82) is 0 Å². The fourth-order valence-corrected chi connectivity index (χ4v) is 3.62. The number of aliphatic hydroxyl groups is 1. The van der Waals surface area contributed by atoms with Crippen LogP contribution >= 0.6 is 0 Å². The lowest BCUT2D eigenvalue weighted by molar-refractivity contribution is 0.109. The summed E-state index contributed by atoms with van der Waals surface area (Å²) in [6.07, 6.45) is 3.20. The molecule has 1 aliphatic carbocycles. The van der Waals surface area contributed by atoms with Gasteiger partial charge >= 0.3 is 6.03 Å². The molecule has 1 heterocycles. The fraction of sp³-hybridized carbons (Fsp3) is 0.632. The average Bonchev–Trinajstić information content (AvgIpc) is 2.59. The van der Waals surface area contributed by atoms with Crippen LogP contribution in [0.1, 0.15) is 36.8 Å². The number of benzene rings is 1. The van der Waals surface area contributed by atoms with Gasteiger partial charge in [-0.3, -0.25) is 4.90 Å². The van der Waals surface area contributed by atoms with Gasteiger partial charge in [-0.05, 0) is 43.7 Å². The van der Waals surface area contributed by atoms with E-state index in [4.69, 9.17) is 0 Å². The lowest BCUT2D eigenvalue weighted by Gasteiger charge is -2.36. The number of amides is 2. The van der Waals surface area contributed by atoms with E-state index in [0.29, 0.717) is 0 Å². The molecule has 0 spiro atoms. The summed E-state index contributed by atoms with van der Waals surface area (Å²) in [5.74, 6) is 0. The molecule has 1 aromatic rings. The minimum absolute atomic E-state index is 0.0620. The summed E-state index contributed by atoms with van der Waals surface area (Å²) in [6.45, 7) is 6.53. The van der Waals surface area contributed by atoms with Crippen molar-refractivity contribution in [2.45, 2.75) is 51.3 Å². The molecule has 0 bridgehead atoms. The molecular weight excluding hydrogens is 302 g/mol. The van der Waals surface area contributed by atoms with Gasteiger partial charge in [-0.1, -0.05) is 24.3 Å². The van der Waals surface area contributed by atoms with Gasteiger partial charge in [0.1, 0.15) is 0 Å². The number of hydrogen-bond acceptors (Lipinski definition) is 3. The fourth-order valence-electron chi connectivity index (χ4n) is 3.62. The Bertz CT molecular complexity index is 547. The van der Waals surface area contributed by atoms with Gasteiger partial charge in [0.15, 0.2) is 0 Å². The molecular formula is C19H29N3O2. The molecule has 3 rings (SSSR count). The Balaban J connectivity index is 1.43. The lowest BCUT2D eigenvalue weighted by Crippen LogP contribution is -2.53. The van der Waals surface area contributed by atoms with Crippen LogP contribution in [0.25, 0.3) is 0 Å². The third-order valence-electron chi connectivity index (χ3n) is 5.34. The molecule has 24 heavy (non-hydrogen) atoms. The smallest absolute Gasteiger partial charge is 0.317 e. The van der Waals surface area contributed by atoms with E-state index in [1.165, 1.54) is 11.1 Å². The standard InChI is InChI=1S/C19H29N3O2/c1-15-4-2-3-5-16(15)14-21-10-12-22(13-11-21)19(24)20-17-6-8-18(23)9-7-17/h2-5,17-18,23H,6-14H2,1H3,(H,20,24). The molecule has 1 aromatic carbocycles. The zero-order chi connectivity index (χ0) is 16.9. The summed E-state index contributed by atoms with van der Waals surface area (Å²) >= 11 is 0. The van der Waals surface area contributed by atoms with Crippen molar-refractivity contribution in [2.75, 3.05) is 26.2 Å². The molecule has 0 atom stereocenters. The molecule has 132 valence electrons. The van der Waals surface area contributed by atoms with Crippen molar-refractivity contribution < 1.29 is 9.90 Å². The lowest BCUT2D eigenvalue weighted by atomic mass is 9.93. The molecule has 2 amide bonds. The first-order chi connectivity index (χ1) is 11.6. The maximum absolute atomic E-state index is 12.4. The second kappa shape index (κ2) is 7.99. The SMILES string of the molecule is Cc1ccccc1CN1CCN(C(=O)NC2CCC(O)CC2)CC1. The first-order valence-corrected chi connectivity index (χ1v) is 9.12. The van der Waals surface area contributed by atoms with Crippen LogP contribution < -0.4 is 5.32 Å². The number of rotatable bonds is 3. The van der Waals surface area contributed by atoms with Gasteiger partial charge in [-0.25, -0.2) is 4.79 Å². The van der Waals surface area contributed by atoms with Crippen molar-refractivity contribution in [3.63, 3.8) is 0 Å². The Morgan fingerprint density at radius 1 is 1.12 bits per heavy atom. The summed E-state index contributed by atoms with van der Waals surface area (Å²) in [5.41, 5.74) is 2.70. The molecule has 5 nitrogen and oxygen atoms in total. The topological polar surface area (TPSA) is 55.8 Å². The predicted molar refractivity (Wildman–Crippen MR) is 94.8 cm³/mol. The number of piperazine rings is 1. The Labute approximate surface area is 144 Å². The van der Waals surface area contributed by atoms with E-state index in [1.54, 1.807) is 0 Å². The maximum atomic E-state index is 12.4. The average molecular weight is 331 g/mol. The van der Waals surface area contributed by atoms with E-state index in [0.717, 1.165) is 58.4 Å². The van der Waals surface area contributed by atoms with E-state index in [9.17, 15) is 9.90 Å². The van der Waals surface area contributed by atoms with Crippen LogP contribution in [0.15, 0.2) is 24.3 Å². The van der Waals surface area contributed by atoms with Crippen LogP contribution in [0.4, 0.5) is 4.79 Å². The number of aryl methyl sites for hydroxylation is 1. The minimum Gasteiger partial charge on any atom is -0.393 e. The van der Waals surface area contributed by atoms with Crippen molar-refractivity contribution in [3.05, 3.63) is 35.4 Å². The maximum Gasteiger partial charge on any atom is 0.317 e. The van der Waals surface area contributed by atoms with Crippen molar-refractivity contribution >= 4 is 6.03 Å². The van der Waals surface area contributed by atoms with Gasteiger partial charge in [0, 0.05) is 38.8 Å². The summed E-state index contributed by atoms with van der Waals surface area (Å²) in [7, 11) is 0. The highest BCUT2D eigenvalue weighted by atomic mass is 16.3. The zero-order valence-corrected chi connectivity index (χ0v) is 14.6. The summed E-state index contributed by atoms with van der Waals surface area (Å²) in [4.78, 5) is 16.8. The predicted octanol–water partition coefficient (Wildman–Crippen LogP) is 2.13. The van der Waals surface area contributed by atoms with Crippen LogP contribution in [0.3, 0.4) is 0 Å². The van der Waals surface area contributed by atoms with E-state index in [-0.39, 0.29) is 18.2 Å². The van der Waals surface area contributed by atoms with E-state index in [2.05, 4.69) is 41.4 Å². The first kappa shape index (κ1) is 17.2. The molecule has 2 N–H and O–H groups in total. The highest BCUT2D eigenvalue weighted by molar-refractivity contribution is 5.74. The second-order valence-corrected chi connectivity index (χ2v) is 7.14. The number of carbonyl (C=O) groups excluding carboxylic acids is 1. The highest BCUT2D eigenvalue weighted by Crippen LogP contribution is 2.19. The molecule has 0 unspecified atom stereocenters. The summed E-state index contributed by atoms with van der Waals surface area (Å²) in [5, 5.41) is 12.7. The molecule has 1 saturated heterocycles. The first-order valence-electron chi connectivity index (χ1n) is 9.12. The zero-order valence-electron chi connectivity index (χ0n) is 14.6. The Morgan fingerprint density at radius 2 is 1.79 bits per heavy atom. The Hall–Kier alpha value is -1.59. The third-order valence-corrected chi connectivity index (χ3v) is 5.34. The molecule has 1 aliphatic heterocycles. The molecule has 2 fully saturated rings. The van der Waals surface area contributed by atoms with E-state index >= 15 is 0 Å². The summed E-state index contributed by atoms with van der Waals surface area (Å²) < 4.78 is 0. The van der Waals surface area contributed by atoms with Crippen LogP contribution in [0.2, 0.25) is 0 Å². The van der Waals surface area contributed by atoms with Crippen LogP contribution in [-0.2, 0) is 6.54 Å². The Morgan fingerprint density at radius 3 is 2.46 bits per heavy atom. The van der Waals surface area contributed by atoms with Crippen molar-refractivity contribution in [1.82, 2.24) is 15.1 Å². The van der Waals surface area contributed by atoms with Crippen LogP contribution in [0, 0.1) is 6.92 Å².